The molecule has 0 bridgehead atoms. The minimum absolute atomic E-state index is 0.0932. The third-order valence-electron chi connectivity index (χ3n) is 2.86. The fourth-order valence-electron chi connectivity index (χ4n) is 1.63. The standard InChI is InChI=1S/C12H19N3O3/c1-5-6-7-13-8(2)9-10(16)14(3)12(18)15(4)11(9)17/h16H,5-7H2,1-4H3. The highest BCUT2D eigenvalue weighted by Gasteiger charge is 2.16. The third kappa shape index (κ3) is 2.52. The Morgan fingerprint density at radius 1 is 1.28 bits per heavy atom. The maximum absolute atomic E-state index is 11.9. The fraction of sp³-hybridized carbons (Fsp3) is 0.583. The fourth-order valence-corrected chi connectivity index (χ4v) is 1.63. The van der Waals surface area contributed by atoms with Gasteiger partial charge >= 0.3 is 5.69 Å². The van der Waals surface area contributed by atoms with Gasteiger partial charge < -0.3 is 5.11 Å². The molecule has 0 saturated heterocycles. The summed E-state index contributed by atoms with van der Waals surface area (Å²) in [6.45, 7) is 4.32. The van der Waals surface area contributed by atoms with Gasteiger partial charge in [-0.1, -0.05) is 13.3 Å². The van der Waals surface area contributed by atoms with Gasteiger partial charge in [0, 0.05) is 26.4 Å². The SMILES string of the molecule is CCCCN=C(C)c1c(O)n(C)c(=O)n(C)c1=O. The predicted molar refractivity (Wildman–Crippen MR) is 70.6 cm³/mol. The molecule has 0 unspecified atom stereocenters. The first-order valence-corrected chi connectivity index (χ1v) is 5.92. The van der Waals surface area contributed by atoms with Crippen LogP contribution in [0.15, 0.2) is 14.6 Å². The summed E-state index contributed by atoms with van der Waals surface area (Å²) in [5.74, 6) is -0.333. The molecule has 1 N–H and O–H groups in total. The van der Waals surface area contributed by atoms with Gasteiger partial charge in [0.1, 0.15) is 5.56 Å². The van der Waals surface area contributed by atoms with Crippen LogP contribution in [0.3, 0.4) is 0 Å². The molecule has 0 spiro atoms. The van der Waals surface area contributed by atoms with E-state index in [2.05, 4.69) is 4.99 Å². The molecule has 0 aromatic carbocycles. The Bertz CT molecular complexity index is 581. The molecule has 1 heterocycles. The van der Waals surface area contributed by atoms with Gasteiger partial charge in [-0.15, -0.1) is 0 Å². The van der Waals surface area contributed by atoms with Crippen LogP contribution in [0.25, 0.3) is 0 Å². The minimum Gasteiger partial charge on any atom is -0.494 e. The number of unbranched alkanes of at least 4 members (excludes halogenated alkanes) is 1. The molecular formula is C12H19N3O3. The molecular weight excluding hydrogens is 234 g/mol. The van der Waals surface area contributed by atoms with Crippen molar-refractivity contribution in [3.8, 4) is 5.88 Å². The van der Waals surface area contributed by atoms with Gasteiger partial charge in [-0.25, -0.2) is 4.79 Å². The first kappa shape index (κ1) is 14.2. The highest BCUT2D eigenvalue weighted by atomic mass is 16.3. The predicted octanol–water partition coefficient (Wildman–Crippen LogP) is 0.399. The summed E-state index contributed by atoms with van der Waals surface area (Å²) in [5.41, 5.74) is -0.524. The van der Waals surface area contributed by atoms with E-state index in [-0.39, 0.29) is 11.4 Å². The Kier molecular flexibility index (Phi) is 4.47. The highest BCUT2D eigenvalue weighted by molar-refractivity contribution is 6.00. The van der Waals surface area contributed by atoms with E-state index in [1.165, 1.54) is 14.1 Å². The van der Waals surface area contributed by atoms with Crippen LogP contribution >= 0.6 is 0 Å². The van der Waals surface area contributed by atoms with Crippen molar-refractivity contribution in [2.75, 3.05) is 6.54 Å². The zero-order valence-corrected chi connectivity index (χ0v) is 11.2. The number of aromatic nitrogens is 2. The van der Waals surface area contributed by atoms with Crippen molar-refractivity contribution in [1.29, 1.82) is 0 Å². The number of nitrogens with zero attached hydrogens (tertiary/aromatic N) is 3. The quantitative estimate of drug-likeness (QED) is 0.623. The summed E-state index contributed by atoms with van der Waals surface area (Å²) in [7, 11) is 2.80. The second kappa shape index (κ2) is 5.66. The summed E-state index contributed by atoms with van der Waals surface area (Å²) in [6.07, 6.45) is 1.93. The number of hydrogen-bond donors (Lipinski definition) is 1. The van der Waals surface area contributed by atoms with Crippen molar-refractivity contribution in [1.82, 2.24) is 9.13 Å². The molecule has 1 aromatic heterocycles. The summed E-state index contributed by atoms with van der Waals surface area (Å²) in [4.78, 5) is 27.8. The van der Waals surface area contributed by atoms with Crippen LogP contribution in [0.1, 0.15) is 32.3 Å². The molecule has 6 nitrogen and oxygen atoms in total. The van der Waals surface area contributed by atoms with Crippen molar-refractivity contribution in [2.24, 2.45) is 19.1 Å². The lowest BCUT2D eigenvalue weighted by molar-refractivity contribution is 0.410. The van der Waals surface area contributed by atoms with Gasteiger partial charge in [0.05, 0.1) is 0 Å². The van der Waals surface area contributed by atoms with Crippen molar-refractivity contribution in [2.45, 2.75) is 26.7 Å². The lowest BCUT2D eigenvalue weighted by Gasteiger charge is -2.09. The van der Waals surface area contributed by atoms with Crippen molar-refractivity contribution in [3.05, 3.63) is 26.4 Å². The largest absolute Gasteiger partial charge is 0.494 e. The molecule has 0 radical (unpaired) electrons. The van der Waals surface area contributed by atoms with E-state index in [0.717, 1.165) is 22.0 Å². The molecule has 0 aliphatic heterocycles. The van der Waals surface area contributed by atoms with Gasteiger partial charge in [0.2, 0.25) is 5.88 Å². The topological polar surface area (TPSA) is 76.6 Å². The van der Waals surface area contributed by atoms with Gasteiger partial charge in [0.25, 0.3) is 5.56 Å². The second-order valence-electron chi connectivity index (χ2n) is 4.23. The van der Waals surface area contributed by atoms with Gasteiger partial charge in [-0.3, -0.25) is 18.9 Å². The molecule has 100 valence electrons. The zero-order valence-electron chi connectivity index (χ0n) is 11.2. The maximum Gasteiger partial charge on any atom is 0.333 e. The first-order chi connectivity index (χ1) is 8.41. The van der Waals surface area contributed by atoms with Crippen molar-refractivity contribution >= 4 is 5.71 Å². The van der Waals surface area contributed by atoms with Crippen LogP contribution in [-0.2, 0) is 14.1 Å². The first-order valence-electron chi connectivity index (χ1n) is 5.92. The van der Waals surface area contributed by atoms with E-state index in [0.29, 0.717) is 12.3 Å². The van der Waals surface area contributed by atoms with E-state index in [1.54, 1.807) is 6.92 Å². The average molecular weight is 253 g/mol. The monoisotopic (exact) mass is 253 g/mol. The lowest BCUT2D eigenvalue weighted by Crippen LogP contribution is -2.39. The van der Waals surface area contributed by atoms with Crippen LogP contribution < -0.4 is 11.2 Å². The zero-order chi connectivity index (χ0) is 13.9. The number of aliphatic imine (C=N–C) groups is 1. The van der Waals surface area contributed by atoms with Gasteiger partial charge in [-0.2, -0.15) is 0 Å². The molecule has 0 aliphatic rings. The van der Waals surface area contributed by atoms with Crippen LogP contribution in [0, 0.1) is 0 Å². The average Bonchev–Trinajstić information content (AvgIpc) is 2.34. The molecule has 1 aromatic rings. The number of hydrogen-bond acceptors (Lipinski definition) is 4. The van der Waals surface area contributed by atoms with E-state index in [9.17, 15) is 14.7 Å². The lowest BCUT2D eigenvalue weighted by atomic mass is 10.2. The molecule has 0 fully saturated rings. The highest BCUT2D eigenvalue weighted by Crippen LogP contribution is 2.10. The third-order valence-corrected chi connectivity index (χ3v) is 2.86. The summed E-state index contributed by atoms with van der Waals surface area (Å²) in [5, 5.41) is 9.88. The Balaban J connectivity index is 3.38. The minimum atomic E-state index is -0.553. The second-order valence-corrected chi connectivity index (χ2v) is 4.23. The van der Waals surface area contributed by atoms with Crippen LogP contribution in [0.2, 0.25) is 0 Å². The molecule has 18 heavy (non-hydrogen) atoms. The Morgan fingerprint density at radius 2 is 1.89 bits per heavy atom. The normalized spacial score (nSPS) is 11.9. The summed E-state index contributed by atoms with van der Waals surface area (Å²) >= 11 is 0. The number of rotatable bonds is 4. The Morgan fingerprint density at radius 3 is 2.44 bits per heavy atom. The molecule has 0 atom stereocenters. The smallest absolute Gasteiger partial charge is 0.333 e. The van der Waals surface area contributed by atoms with Crippen LogP contribution in [0.4, 0.5) is 0 Å². The van der Waals surface area contributed by atoms with Crippen molar-refractivity contribution < 1.29 is 5.11 Å². The van der Waals surface area contributed by atoms with Crippen LogP contribution in [-0.4, -0.2) is 26.5 Å². The molecule has 0 saturated carbocycles. The molecule has 0 aliphatic carbocycles. The summed E-state index contributed by atoms with van der Waals surface area (Å²) in [6, 6.07) is 0. The van der Waals surface area contributed by atoms with E-state index < -0.39 is 11.2 Å². The van der Waals surface area contributed by atoms with Gasteiger partial charge in [-0.05, 0) is 13.3 Å². The van der Waals surface area contributed by atoms with Gasteiger partial charge in [0.15, 0.2) is 0 Å². The van der Waals surface area contributed by atoms with Crippen molar-refractivity contribution in [3.63, 3.8) is 0 Å². The molecule has 6 heteroatoms. The molecule has 1 rings (SSSR count). The maximum atomic E-state index is 11.9. The van der Waals surface area contributed by atoms with E-state index >= 15 is 0 Å². The number of aromatic hydroxyl groups is 1. The molecule has 0 amide bonds. The summed E-state index contributed by atoms with van der Waals surface area (Å²) < 4.78 is 2.00. The Hall–Kier alpha value is -1.85. The van der Waals surface area contributed by atoms with E-state index in [4.69, 9.17) is 0 Å². The van der Waals surface area contributed by atoms with Crippen LogP contribution in [0.5, 0.6) is 5.88 Å². The van der Waals surface area contributed by atoms with E-state index in [1.807, 2.05) is 6.92 Å². The Labute approximate surface area is 105 Å².